The Balaban J connectivity index is 2.18. The second kappa shape index (κ2) is 5.52. The average molecular weight is 247 g/mol. The van der Waals surface area contributed by atoms with Crippen molar-refractivity contribution in [2.45, 2.75) is 25.2 Å². The molecule has 0 aliphatic heterocycles. The topological polar surface area (TPSA) is 33.1 Å². The highest BCUT2D eigenvalue weighted by Gasteiger charge is 2.09. The third-order valence-corrected chi connectivity index (χ3v) is 3.77. The van der Waals surface area contributed by atoms with Crippen LogP contribution in [0.25, 0.3) is 10.9 Å². The van der Waals surface area contributed by atoms with Crippen molar-refractivity contribution in [1.82, 2.24) is 4.98 Å². The normalized spacial score (nSPS) is 13.2. The van der Waals surface area contributed by atoms with Crippen LogP contribution in [0, 0.1) is 0 Å². The van der Waals surface area contributed by atoms with Crippen molar-refractivity contribution in [1.29, 1.82) is 0 Å². The Morgan fingerprint density at radius 1 is 1.29 bits per heavy atom. The van der Waals surface area contributed by atoms with E-state index in [9.17, 15) is 5.11 Å². The molecule has 0 saturated heterocycles. The maximum atomic E-state index is 10.1. The lowest BCUT2D eigenvalue weighted by atomic mass is 10.1. The van der Waals surface area contributed by atoms with E-state index in [2.05, 4.69) is 18.8 Å². The SMILES string of the molecule is CC(C)SCC(O)c1ccc2ncccc2c1. The average Bonchev–Trinajstić information content (AvgIpc) is 2.35. The smallest absolute Gasteiger partial charge is 0.0880 e. The first kappa shape index (κ1) is 12.4. The largest absolute Gasteiger partial charge is 0.388 e. The van der Waals surface area contributed by atoms with Crippen LogP contribution in [0.3, 0.4) is 0 Å². The molecule has 0 fully saturated rings. The lowest BCUT2D eigenvalue weighted by molar-refractivity contribution is 0.204. The van der Waals surface area contributed by atoms with Crippen molar-refractivity contribution >= 4 is 22.7 Å². The van der Waals surface area contributed by atoms with Crippen molar-refractivity contribution in [2.24, 2.45) is 0 Å². The summed E-state index contributed by atoms with van der Waals surface area (Å²) < 4.78 is 0. The van der Waals surface area contributed by atoms with Crippen LogP contribution in [0.4, 0.5) is 0 Å². The van der Waals surface area contributed by atoms with Gasteiger partial charge in [-0.1, -0.05) is 26.0 Å². The number of aliphatic hydroxyl groups excluding tert-OH is 1. The van der Waals surface area contributed by atoms with Gasteiger partial charge in [-0.05, 0) is 29.0 Å². The zero-order chi connectivity index (χ0) is 12.3. The zero-order valence-electron chi connectivity index (χ0n) is 10.1. The maximum absolute atomic E-state index is 10.1. The standard InChI is InChI=1S/C14H17NOS/c1-10(2)17-9-14(16)12-5-6-13-11(8-12)4-3-7-15-13/h3-8,10,14,16H,9H2,1-2H3. The molecule has 1 unspecified atom stereocenters. The number of hydrogen-bond acceptors (Lipinski definition) is 3. The molecule has 2 nitrogen and oxygen atoms in total. The van der Waals surface area contributed by atoms with Gasteiger partial charge in [0.2, 0.25) is 0 Å². The van der Waals surface area contributed by atoms with Gasteiger partial charge >= 0.3 is 0 Å². The van der Waals surface area contributed by atoms with Gasteiger partial charge in [0.25, 0.3) is 0 Å². The first-order valence-corrected chi connectivity index (χ1v) is 6.86. The number of benzene rings is 1. The van der Waals surface area contributed by atoms with E-state index in [1.54, 1.807) is 18.0 Å². The maximum Gasteiger partial charge on any atom is 0.0880 e. The van der Waals surface area contributed by atoms with Crippen molar-refractivity contribution in [2.75, 3.05) is 5.75 Å². The Bertz CT molecular complexity index is 498. The Kier molecular flexibility index (Phi) is 4.02. The van der Waals surface area contributed by atoms with Gasteiger partial charge in [0.1, 0.15) is 0 Å². The van der Waals surface area contributed by atoms with Gasteiger partial charge in [0.15, 0.2) is 0 Å². The van der Waals surface area contributed by atoms with Crippen LogP contribution in [0.2, 0.25) is 0 Å². The highest BCUT2D eigenvalue weighted by atomic mass is 32.2. The van der Waals surface area contributed by atoms with E-state index in [4.69, 9.17) is 0 Å². The molecular formula is C14H17NOS. The van der Waals surface area contributed by atoms with Crippen LogP contribution < -0.4 is 0 Å². The fraction of sp³-hybridized carbons (Fsp3) is 0.357. The van der Waals surface area contributed by atoms with E-state index in [0.29, 0.717) is 5.25 Å². The molecule has 0 amide bonds. The number of thioether (sulfide) groups is 1. The lowest BCUT2D eigenvalue weighted by Gasteiger charge is -2.12. The van der Waals surface area contributed by atoms with Crippen LogP contribution in [0.15, 0.2) is 36.5 Å². The number of aliphatic hydroxyl groups is 1. The molecule has 2 rings (SSSR count). The number of aromatic nitrogens is 1. The van der Waals surface area contributed by atoms with Crippen LogP contribution in [-0.4, -0.2) is 21.1 Å². The molecule has 1 N–H and O–H groups in total. The monoisotopic (exact) mass is 247 g/mol. The predicted molar refractivity (Wildman–Crippen MR) is 74.3 cm³/mol. The minimum absolute atomic E-state index is 0.396. The van der Waals surface area contributed by atoms with Gasteiger partial charge in [-0.15, -0.1) is 0 Å². The Hall–Kier alpha value is -1.06. The summed E-state index contributed by atoms with van der Waals surface area (Å²) in [6.07, 6.45) is 1.39. The van der Waals surface area contributed by atoms with Gasteiger partial charge < -0.3 is 5.11 Å². The van der Waals surface area contributed by atoms with E-state index in [-0.39, 0.29) is 0 Å². The molecule has 2 aromatic rings. The fourth-order valence-electron chi connectivity index (χ4n) is 1.68. The molecule has 0 aliphatic rings. The number of pyridine rings is 1. The highest BCUT2D eigenvalue weighted by Crippen LogP contribution is 2.23. The second-order valence-electron chi connectivity index (χ2n) is 4.35. The molecule has 0 radical (unpaired) electrons. The van der Waals surface area contributed by atoms with Gasteiger partial charge in [-0.2, -0.15) is 11.8 Å². The molecule has 0 bridgehead atoms. The summed E-state index contributed by atoms with van der Waals surface area (Å²) >= 11 is 1.77. The molecule has 1 aromatic carbocycles. The Labute approximate surface area is 106 Å². The molecule has 0 aliphatic carbocycles. The summed E-state index contributed by atoms with van der Waals surface area (Å²) in [7, 11) is 0. The zero-order valence-corrected chi connectivity index (χ0v) is 10.9. The molecule has 0 spiro atoms. The molecular weight excluding hydrogens is 230 g/mol. The highest BCUT2D eigenvalue weighted by molar-refractivity contribution is 7.99. The van der Waals surface area contributed by atoms with E-state index in [1.807, 2.05) is 30.3 Å². The van der Waals surface area contributed by atoms with Crippen molar-refractivity contribution < 1.29 is 5.11 Å². The van der Waals surface area contributed by atoms with Gasteiger partial charge in [0.05, 0.1) is 11.6 Å². The number of rotatable bonds is 4. The molecule has 1 atom stereocenters. The molecule has 0 saturated carbocycles. The summed E-state index contributed by atoms with van der Waals surface area (Å²) in [5, 5.41) is 11.7. The summed E-state index contributed by atoms with van der Waals surface area (Å²) in [6, 6.07) is 9.89. The number of nitrogens with zero attached hydrogens (tertiary/aromatic N) is 1. The van der Waals surface area contributed by atoms with E-state index < -0.39 is 6.10 Å². The minimum Gasteiger partial charge on any atom is -0.388 e. The summed E-state index contributed by atoms with van der Waals surface area (Å²) in [5.74, 6) is 0.740. The fourth-order valence-corrected chi connectivity index (χ4v) is 2.44. The van der Waals surface area contributed by atoms with Crippen molar-refractivity contribution in [3.8, 4) is 0 Å². The number of hydrogen-bond donors (Lipinski definition) is 1. The summed E-state index contributed by atoms with van der Waals surface area (Å²) in [6.45, 7) is 4.28. The predicted octanol–water partition coefficient (Wildman–Crippen LogP) is 3.41. The van der Waals surface area contributed by atoms with Gasteiger partial charge in [-0.3, -0.25) is 4.98 Å². The van der Waals surface area contributed by atoms with Crippen LogP contribution >= 0.6 is 11.8 Å². The van der Waals surface area contributed by atoms with Gasteiger partial charge in [0, 0.05) is 17.3 Å². The third-order valence-electron chi connectivity index (χ3n) is 2.60. The first-order chi connectivity index (χ1) is 8.16. The van der Waals surface area contributed by atoms with Crippen LogP contribution in [0.1, 0.15) is 25.5 Å². The quantitative estimate of drug-likeness (QED) is 0.898. The second-order valence-corrected chi connectivity index (χ2v) is 5.96. The van der Waals surface area contributed by atoms with Crippen molar-refractivity contribution in [3.05, 3.63) is 42.1 Å². The van der Waals surface area contributed by atoms with E-state index in [0.717, 1.165) is 22.2 Å². The van der Waals surface area contributed by atoms with Crippen LogP contribution in [-0.2, 0) is 0 Å². The minimum atomic E-state index is -0.396. The van der Waals surface area contributed by atoms with Crippen LogP contribution in [0.5, 0.6) is 0 Å². The van der Waals surface area contributed by atoms with E-state index in [1.165, 1.54) is 0 Å². The summed E-state index contributed by atoms with van der Waals surface area (Å²) in [5.41, 5.74) is 1.94. The number of fused-ring (bicyclic) bond motifs is 1. The molecule has 1 heterocycles. The third kappa shape index (κ3) is 3.20. The molecule has 1 aromatic heterocycles. The van der Waals surface area contributed by atoms with E-state index >= 15 is 0 Å². The van der Waals surface area contributed by atoms with Crippen molar-refractivity contribution in [3.63, 3.8) is 0 Å². The van der Waals surface area contributed by atoms with Gasteiger partial charge in [-0.25, -0.2) is 0 Å². The lowest BCUT2D eigenvalue weighted by Crippen LogP contribution is -2.03. The molecule has 17 heavy (non-hydrogen) atoms. The molecule has 3 heteroatoms. The summed E-state index contributed by atoms with van der Waals surface area (Å²) in [4.78, 5) is 4.27. The first-order valence-electron chi connectivity index (χ1n) is 5.81. The Morgan fingerprint density at radius 2 is 2.12 bits per heavy atom. The Morgan fingerprint density at radius 3 is 2.88 bits per heavy atom. The molecule has 90 valence electrons.